The molecule has 3 aromatic rings. The van der Waals surface area contributed by atoms with Crippen LogP contribution in [-0.4, -0.2) is 14.9 Å². The Labute approximate surface area is 159 Å². The molecular weight excluding hydrogens is 382 g/mol. The number of nitrogens with one attached hydrogen (secondary N) is 2. The number of para-hydroxylation sites is 1. The lowest BCUT2D eigenvalue weighted by molar-refractivity contribution is 0.586. The van der Waals surface area contributed by atoms with Gasteiger partial charge in [0.05, 0.1) is 17.3 Å². The molecule has 0 atom stereocenters. The van der Waals surface area contributed by atoms with Crippen molar-refractivity contribution in [3.8, 4) is 0 Å². The second kappa shape index (κ2) is 7.82. The van der Waals surface area contributed by atoms with Gasteiger partial charge in [-0.2, -0.15) is 5.10 Å². The van der Waals surface area contributed by atoms with Gasteiger partial charge in [-0.25, -0.2) is 4.39 Å². The highest BCUT2D eigenvalue weighted by Gasteiger charge is 2.09. The monoisotopic (exact) mass is 394 g/mol. The van der Waals surface area contributed by atoms with Gasteiger partial charge in [0.1, 0.15) is 5.82 Å². The van der Waals surface area contributed by atoms with Crippen molar-refractivity contribution < 1.29 is 4.39 Å². The van der Waals surface area contributed by atoms with Crippen molar-refractivity contribution in [3.05, 3.63) is 76.2 Å². The van der Waals surface area contributed by atoms with Gasteiger partial charge in [-0.1, -0.05) is 41.4 Å². The van der Waals surface area contributed by atoms with Crippen LogP contribution in [0.1, 0.15) is 5.56 Å². The van der Waals surface area contributed by atoms with Crippen molar-refractivity contribution >= 4 is 52.0 Å². The summed E-state index contributed by atoms with van der Waals surface area (Å²) in [4.78, 5) is 0. The van der Waals surface area contributed by atoms with Crippen molar-refractivity contribution in [1.82, 2.24) is 9.78 Å². The Bertz CT molecular complexity index is 893. The van der Waals surface area contributed by atoms with E-state index in [1.807, 2.05) is 18.2 Å². The van der Waals surface area contributed by atoms with Crippen LogP contribution in [-0.2, 0) is 6.54 Å². The first kappa shape index (κ1) is 17.7. The van der Waals surface area contributed by atoms with Crippen molar-refractivity contribution in [2.45, 2.75) is 6.54 Å². The van der Waals surface area contributed by atoms with E-state index in [0.29, 0.717) is 32.2 Å². The summed E-state index contributed by atoms with van der Waals surface area (Å²) in [6.45, 7) is 0.220. The van der Waals surface area contributed by atoms with Gasteiger partial charge >= 0.3 is 0 Å². The molecule has 3 rings (SSSR count). The molecule has 0 spiro atoms. The maximum atomic E-state index is 13.8. The lowest BCUT2D eigenvalue weighted by atomic mass is 10.2. The van der Waals surface area contributed by atoms with Crippen LogP contribution in [0.4, 0.5) is 15.9 Å². The second-order valence-electron chi connectivity index (χ2n) is 5.16. The van der Waals surface area contributed by atoms with E-state index in [-0.39, 0.29) is 12.4 Å². The van der Waals surface area contributed by atoms with E-state index in [2.05, 4.69) is 15.7 Å². The van der Waals surface area contributed by atoms with Gasteiger partial charge in [-0.3, -0.25) is 4.68 Å². The minimum absolute atomic E-state index is 0.220. The van der Waals surface area contributed by atoms with E-state index in [9.17, 15) is 4.39 Å². The molecule has 25 heavy (non-hydrogen) atoms. The highest BCUT2D eigenvalue weighted by molar-refractivity contribution is 7.80. The number of rotatable bonds is 4. The first-order chi connectivity index (χ1) is 12.0. The van der Waals surface area contributed by atoms with Crippen LogP contribution in [0, 0.1) is 5.82 Å². The second-order valence-corrected chi connectivity index (χ2v) is 6.38. The molecule has 0 saturated carbocycles. The fourth-order valence-corrected chi connectivity index (χ4v) is 2.81. The zero-order valence-electron chi connectivity index (χ0n) is 12.8. The molecule has 2 N–H and O–H groups in total. The van der Waals surface area contributed by atoms with Crippen molar-refractivity contribution in [2.24, 2.45) is 0 Å². The molecule has 0 aliphatic carbocycles. The molecule has 8 heteroatoms. The van der Waals surface area contributed by atoms with Crippen LogP contribution in [0.3, 0.4) is 0 Å². The molecule has 0 aliphatic rings. The molecule has 0 saturated heterocycles. The van der Waals surface area contributed by atoms with Gasteiger partial charge in [0.25, 0.3) is 0 Å². The van der Waals surface area contributed by atoms with Crippen LogP contribution in [0.25, 0.3) is 0 Å². The Morgan fingerprint density at radius 3 is 2.56 bits per heavy atom. The minimum atomic E-state index is -0.367. The number of thiocarbonyl (C=S) groups is 1. The molecule has 1 aromatic heterocycles. The number of hydrogen-bond donors (Lipinski definition) is 2. The molecule has 2 aromatic carbocycles. The van der Waals surface area contributed by atoms with Gasteiger partial charge in [-0.15, -0.1) is 0 Å². The van der Waals surface area contributed by atoms with Gasteiger partial charge in [0, 0.05) is 22.8 Å². The Hall–Kier alpha value is -2.15. The van der Waals surface area contributed by atoms with Crippen LogP contribution in [0.15, 0.2) is 54.7 Å². The van der Waals surface area contributed by atoms with Gasteiger partial charge in [0.2, 0.25) is 0 Å². The molecule has 0 radical (unpaired) electrons. The number of aromatic nitrogens is 2. The Morgan fingerprint density at radius 1 is 1.04 bits per heavy atom. The maximum Gasteiger partial charge on any atom is 0.176 e. The molecule has 4 nitrogen and oxygen atoms in total. The molecule has 0 bridgehead atoms. The molecule has 0 aliphatic heterocycles. The van der Waals surface area contributed by atoms with E-state index in [4.69, 9.17) is 35.4 Å². The largest absolute Gasteiger partial charge is 0.331 e. The third-order valence-electron chi connectivity index (χ3n) is 3.39. The number of hydrogen-bond acceptors (Lipinski definition) is 2. The Morgan fingerprint density at radius 2 is 1.80 bits per heavy atom. The molecule has 1 heterocycles. The molecule has 0 unspecified atom stereocenters. The van der Waals surface area contributed by atoms with E-state index >= 15 is 0 Å². The van der Waals surface area contributed by atoms with Gasteiger partial charge in [-0.05, 0) is 36.5 Å². The summed E-state index contributed by atoms with van der Waals surface area (Å²) in [5, 5.41) is 11.5. The predicted octanol–water partition coefficient (Wildman–Crippen LogP) is 5.19. The highest BCUT2D eigenvalue weighted by atomic mass is 35.5. The minimum Gasteiger partial charge on any atom is -0.331 e. The zero-order chi connectivity index (χ0) is 17.8. The first-order valence-electron chi connectivity index (χ1n) is 7.32. The lowest BCUT2D eigenvalue weighted by Gasteiger charge is -2.10. The van der Waals surface area contributed by atoms with Crippen LogP contribution in [0.2, 0.25) is 10.0 Å². The number of nitrogens with zero attached hydrogens (tertiary/aromatic N) is 2. The quantitative estimate of drug-likeness (QED) is 0.597. The van der Waals surface area contributed by atoms with Crippen molar-refractivity contribution in [3.63, 3.8) is 0 Å². The van der Waals surface area contributed by atoms with Crippen molar-refractivity contribution in [1.29, 1.82) is 0 Å². The summed E-state index contributed by atoms with van der Waals surface area (Å²) in [5.41, 5.74) is 1.08. The maximum absolute atomic E-state index is 13.8. The summed E-state index contributed by atoms with van der Waals surface area (Å²) in [5.74, 6) is 0.158. The van der Waals surface area contributed by atoms with E-state index in [0.717, 1.165) is 0 Å². The van der Waals surface area contributed by atoms with Crippen LogP contribution < -0.4 is 10.6 Å². The summed E-state index contributed by atoms with van der Waals surface area (Å²) in [6, 6.07) is 13.6. The predicted molar refractivity (Wildman–Crippen MR) is 104 cm³/mol. The normalized spacial score (nSPS) is 10.5. The third kappa shape index (κ3) is 4.48. The smallest absolute Gasteiger partial charge is 0.176 e. The molecular formula is C17H13Cl2FN4S. The summed E-state index contributed by atoms with van der Waals surface area (Å²) < 4.78 is 15.4. The van der Waals surface area contributed by atoms with E-state index < -0.39 is 0 Å². The zero-order valence-corrected chi connectivity index (χ0v) is 15.2. The van der Waals surface area contributed by atoms with E-state index in [1.54, 1.807) is 35.1 Å². The standard InChI is InChI=1S/C17H13Cl2FN4S/c18-12-5-3-6-14(20)11(12)10-24-9-8-16(23-24)22-17(25)21-15-7-2-1-4-13(15)19/h1-9H,10H2,(H2,21,22,23,25). The van der Waals surface area contributed by atoms with E-state index in [1.165, 1.54) is 6.07 Å². The average molecular weight is 395 g/mol. The van der Waals surface area contributed by atoms with Gasteiger partial charge in [0.15, 0.2) is 10.9 Å². The molecule has 128 valence electrons. The Kier molecular flexibility index (Phi) is 5.53. The number of halogens is 3. The van der Waals surface area contributed by atoms with Crippen LogP contribution >= 0.6 is 35.4 Å². The van der Waals surface area contributed by atoms with Gasteiger partial charge < -0.3 is 10.6 Å². The van der Waals surface area contributed by atoms with Crippen LogP contribution in [0.5, 0.6) is 0 Å². The lowest BCUT2D eigenvalue weighted by Crippen LogP contribution is -2.19. The molecule has 0 fully saturated rings. The fraction of sp³-hybridized carbons (Fsp3) is 0.0588. The molecule has 0 amide bonds. The number of benzene rings is 2. The fourth-order valence-electron chi connectivity index (χ4n) is 2.19. The topological polar surface area (TPSA) is 41.9 Å². The summed E-state index contributed by atoms with van der Waals surface area (Å²) >= 11 is 17.4. The summed E-state index contributed by atoms with van der Waals surface area (Å²) in [6.07, 6.45) is 1.71. The summed E-state index contributed by atoms with van der Waals surface area (Å²) in [7, 11) is 0. The highest BCUT2D eigenvalue weighted by Crippen LogP contribution is 2.21. The van der Waals surface area contributed by atoms with Crippen molar-refractivity contribution in [2.75, 3.05) is 10.6 Å². The first-order valence-corrected chi connectivity index (χ1v) is 8.48. The average Bonchev–Trinajstić information content (AvgIpc) is 3.00. The number of anilines is 2. The SMILES string of the molecule is Fc1cccc(Cl)c1Cn1ccc(NC(=S)Nc2ccccc2Cl)n1. The Balaban J connectivity index is 1.66. The third-order valence-corrected chi connectivity index (χ3v) is 4.27.